The van der Waals surface area contributed by atoms with E-state index in [1.807, 2.05) is 23.2 Å². The number of likely N-dealkylation sites (tertiary alicyclic amines) is 1. The topological polar surface area (TPSA) is 82.7 Å². The molecule has 2 aliphatic rings. The monoisotopic (exact) mass is 355 g/mol. The molecule has 0 aromatic carbocycles. The first kappa shape index (κ1) is 17.4. The normalized spacial score (nSPS) is 26.0. The molecule has 1 aromatic rings. The highest BCUT2D eigenvalue weighted by molar-refractivity contribution is 7.88. The molecule has 0 unspecified atom stereocenters. The van der Waals surface area contributed by atoms with Crippen molar-refractivity contribution in [2.45, 2.75) is 37.8 Å². The summed E-state index contributed by atoms with van der Waals surface area (Å²) in [5.41, 5.74) is 1.05. The first-order chi connectivity index (χ1) is 11.4. The molecule has 3 rings (SSSR count). The Kier molecular flexibility index (Phi) is 5.27. The van der Waals surface area contributed by atoms with Crippen LogP contribution >= 0.6 is 0 Å². The molecule has 2 atom stereocenters. The summed E-state index contributed by atoms with van der Waals surface area (Å²) >= 11 is 0. The second-order valence-electron chi connectivity index (χ2n) is 6.50. The number of carbonyl (C=O) groups excluding carboxylic acids is 1. The second-order valence-corrected chi connectivity index (χ2v) is 8.44. The Morgan fingerprint density at radius 3 is 2.83 bits per heavy atom. The maximum absolute atomic E-state index is 12.5. The Balaban J connectivity index is 1.60. The van der Waals surface area contributed by atoms with Crippen LogP contribution in [0.25, 0.3) is 0 Å². The van der Waals surface area contributed by atoms with Crippen molar-refractivity contribution in [3.8, 4) is 0 Å². The van der Waals surface area contributed by atoms with Crippen molar-refractivity contribution in [3.05, 3.63) is 24.0 Å². The Morgan fingerprint density at radius 2 is 2.12 bits per heavy atom. The molecule has 1 aromatic heterocycles. The van der Waals surface area contributed by atoms with E-state index in [1.54, 1.807) is 4.31 Å². The van der Waals surface area contributed by atoms with Gasteiger partial charge in [-0.3, -0.25) is 4.79 Å². The molecule has 2 fully saturated rings. The van der Waals surface area contributed by atoms with Gasteiger partial charge in [-0.2, -0.15) is 4.31 Å². The molecule has 0 aliphatic carbocycles. The van der Waals surface area contributed by atoms with Gasteiger partial charge >= 0.3 is 0 Å². The quantitative estimate of drug-likeness (QED) is 0.857. The number of rotatable bonds is 4. The fourth-order valence-corrected chi connectivity index (χ4v) is 4.77. The van der Waals surface area contributed by atoms with Crippen molar-refractivity contribution in [1.82, 2.24) is 14.2 Å². The molecule has 0 saturated carbocycles. The van der Waals surface area contributed by atoms with E-state index in [0.29, 0.717) is 51.9 Å². The van der Waals surface area contributed by atoms with Gasteiger partial charge in [0.05, 0.1) is 25.0 Å². The van der Waals surface area contributed by atoms with Crippen LogP contribution in [0.3, 0.4) is 0 Å². The van der Waals surface area contributed by atoms with Crippen LogP contribution in [0.1, 0.15) is 25.0 Å². The van der Waals surface area contributed by atoms with Crippen LogP contribution in [0.2, 0.25) is 0 Å². The molecule has 2 aliphatic heterocycles. The highest BCUT2D eigenvalue weighted by atomic mass is 32.2. The highest BCUT2D eigenvalue weighted by Gasteiger charge is 2.39. The zero-order chi connectivity index (χ0) is 17.2. The number of aryl methyl sites for hydroxylation is 1. The summed E-state index contributed by atoms with van der Waals surface area (Å²) in [5, 5.41) is 0. The molecule has 134 valence electrons. The number of nitrogens with one attached hydrogen (secondary N) is 1. The van der Waals surface area contributed by atoms with E-state index < -0.39 is 10.0 Å². The zero-order valence-corrected chi connectivity index (χ0v) is 14.8. The standard InChI is InChI=1S/C16H25N3O4S/c1-24(21,22)19-11-12-23-15-7-10-18(9-6-14(15)19)16(20)5-4-13-3-2-8-17-13/h2-3,8,14-15,17H,4-7,9-12H2,1H3/t14-,15-/m1/s1. The molecule has 0 spiro atoms. The summed E-state index contributed by atoms with van der Waals surface area (Å²) in [4.78, 5) is 17.4. The van der Waals surface area contributed by atoms with Crippen molar-refractivity contribution >= 4 is 15.9 Å². The van der Waals surface area contributed by atoms with Crippen LogP contribution in [-0.2, 0) is 26.0 Å². The predicted octanol–water partition coefficient (Wildman–Crippen LogP) is 0.599. The Bertz CT molecular complexity index is 659. The lowest BCUT2D eigenvalue weighted by molar-refractivity contribution is -0.131. The van der Waals surface area contributed by atoms with Crippen molar-refractivity contribution < 1.29 is 17.9 Å². The van der Waals surface area contributed by atoms with Crippen molar-refractivity contribution in [3.63, 3.8) is 0 Å². The summed E-state index contributed by atoms with van der Waals surface area (Å²) in [7, 11) is -3.24. The van der Waals surface area contributed by atoms with E-state index in [-0.39, 0.29) is 18.1 Å². The van der Waals surface area contributed by atoms with E-state index in [9.17, 15) is 13.2 Å². The largest absolute Gasteiger partial charge is 0.375 e. The van der Waals surface area contributed by atoms with E-state index in [4.69, 9.17) is 4.74 Å². The maximum atomic E-state index is 12.5. The summed E-state index contributed by atoms with van der Waals surface area (Å²) in [5.74, 6) is 0.120. The summed E-state index contributed by atoms with van der Waals surface area (Å²) < 4.78 is 31.3. The van der Waals surface area contributed by atoms with Crippen LogP contribution < -0.4 is 0 Å². The lowest BCUT2D eigenvalue weighted by Gasteiger charge is -2.38. The summed E-state index contributed by atoms with van der Waals surface area (Å²) in [6.07, 6.45) is 5.46. The number of morpholine rings is 1. The average Bonchev–Trinajstić information content (AvgIpc) is 2.96. The molecule has 0 bridgehead atoms. The fourth-order valence-electron chi connectivity index (χ4n) is 3.63. The van der Waals surface area contributed by atoms with Gasteiger partial charge in [0.15, 0.2) is 0 Å². The number of nitrogens with zero attached hydrogens (tertiary/aromatic N) is 2. The lowest BCUT2D eigenvalue weighted by Crippen LogP contribution is -2.53. The number of amides is 1. The van der Waals surface area contributed by atoms with Crippen molar-refractivity contribution in [2.24, 2.45) is 0 Å². The average molecular weight is 355 g/mol. The molecule has 7 nitrogen and oxygen atoms in total. The number of carbonyl (C=O) groups is 1. The van der Waals surface area contributed by atoms with Crippen LogP contribution in [0, 0.1) is 0 Å². The number of aromatic nitrogens is 1. The number of hydrogen-bond donors (Lipinski definition) is 1. The third-order valence-corrected chi connectivity index (χ3v) is 6.18. The molecule has 8 heteroatoms. The van der Waals surface area contributed by atoms with Crippen LogP contribution in [-0.4, -0.2) is 73.2 Å². The third-order valence-electron chi connectivity index (χ3n) is 4.87. The van der Waals surface area contributed by atoms with Crippen LogP contribution in [0.5, 0.6) is 0 Å². The zero-order valence-electron chi connectivity index (χ0n) is 14.0. The number of hydrogen-bond acceptors (Lipinski definition) is 4. The minimum Gasteiger partial charge on any atom is -0.375 e. The molecule has 1 amide bonds. The first-order valence-corrected chi connectivity index (χ1v) is 10.3. The van der Waals surface area contributed by atoms with Crippen molar-refractivity contribution in [2.75, 3.05) is 32.5 Å². The SMILES string of the molecule is CS(=O)(=O)N1CCO[C@@H]2CCN(C(=O)CCc3ccc[nH]3)CC[C@H]21. The third kappa shape index (κ3) is 3.99. The van der Waals surface area contributed by atoms with E-state index in [2.05, 4.69) is 4.98 Å². The molecular formula is C16H25N3O4S. The minimum atomic E-state index is -3.24. The van der Waals surface area contributed by atoms with E-state index in [1.165, 1.54) is 6.26 Å². The lowest BCUT2D eigenvalue weighted by atomic mass is 10.0. The van der Waals surface area contributed by atoms with Gasteiger partial charge in [-0.05, 0) is 31.4 Å². The number of H-pyrrole nitrogens is 1. The van der Waals surface area contributed by atoms with E-state index >= 15 is 0 Å². The number of fused-ring (bicyclic) bond motifs is 1. The summed E-state index contributed by atoms with van der Waals surface area (Å²) in [6, 6.07) is 3.74. The van der Waals surface area contributed by atoms with E-state index in [0.717, 1.165) is 5.69 Å². The van der Waals surface area contributed by atoms with Crippen LogP contribution in [0.15, 0.2) is 18.3 Å². The Morgan fingerprint density at radius 1 is 1.33 bits per heavy atom. The molecule has 0 radical (unpaired) electrons. The first-order valence-electron chi connectivity index (χ1n) is 8.43. The van der Waals surface area contributed by atoms with Crippen molar-refractivity contribution in [1.29, 1.82) is 0 Å². The number of ether oxygens (including phenoxy) is 1. The van der Waals surface area contributed by atoms with Gasteiger partial charge in [0.25, 0.3) is 0 Å². The van der Waals surface area contributed by atoms with Gasteiger partial charge in [0.1, 0.15) is 0 Å². The minimum absolute atomic E-state index is 0.116. The van der Waals surface area contributed by atoms with Gasteiger partial charge in [0.2, 0.25) is 15.9 Å². The molecule has 3 heterocycles. The summed E-state index contributed by atoms with van der Waals surface area (Å²) in [6.45, 7) is 2.04. The smallest absolute Gasteiger partial charge is 0.222 e. The Hall–Kier alpha value is -1.38. The molecular weight excluding hydrogens is 330 g/mol. The molecule has 1 N–H and O–H groups in total. The fraction of sp³-hybridized carbons (Fsp3) is 0.688. The van der Waals surface area contributed by atoms with Gasteiger partial charge < -0.3 is 14.6 Å². The van der Waals surface area contributed by atoms with Gasteiger partial charge in [-0.15, -0.1) is 0 Å². The Labute approximate surface area is 143 Å². The van der Waals surface area contributed by atoms with Gasteiger partial charge in [-0.1, -0.05) is 0 Å². The number of sulfonamides is 1. The molecule has 2 saturated heterocycles. The van der Waals surface area contributed by atoms with Crippen LogP contribution in [0.4, 0.5) is 0 Å². The van der Waals surface area contributed by atoms with Gasteiger partial charge in [0, 0.05) is 37.9 Å². The molecule has 24 heavy (non-hydrogen) atoms. The highest BCUT2D eigenvalue weighted by Crippen LogP contribution is 2.26. The maximum Gasteiger partial charge on any atom is 0.222 e. The predicted molar refractivity (Wildman–Crippen MR) is 90.0 cm³/mol. The van der Waals surface area contributed by atoms with Gasteiger partial charge in [-0.25, -0.2) is 8.42 Å². The number of aromatic amines is 1. The second kappa shape index (κ2) is 7.25.